The summed E-state index contributed by atoms with van der Waals surface area (Å²) in [6, 6.07) is 8.23. The van der Waals surface area contributed by atoms with Gasteiger partial charge in [-0.2, -0.15) is 5.10 Å². The fourth-order valence-electron chi connectivity index (χ4n) is 2.95. The van der Waals surface area contributed by atoms with Gasteiger partial charge in [0.2, 0.25) is 0 Å². The fourth-order valence-corrected chi connectivity index (χ4v) is 2.95. The third-order valence-corrected chi connectivity index (χ3v) is 4.03. The van der Waals surface area contributed by atoms with Gasteiger partial charge in [0.15, 0.2) is 0 Å². The molecule has 0 amide bonds. The number of fused-ring (bicyclic) bond motifs is 1. The first-order valence-corrected chi connectivity index (χ1v) is 7.89. The zero-order valence-electron chi connectivity index (χ0n) is 13.9. The minimum atomic E-state index is 0.705. The topological polar surface area (TPSA) is 72.3 Å². The minimum absolute atomic E-state index is 0.705. The number of hydrogen-bond acceptors (Lipinski definition) is 4. The second-order valence-corrected chi connectivity index (χ2v) is 6.00. The first-order valence-electron chi connectivity index (χ1n) is 7.89. The second kappa shape index (κ2) is 5.56. The number of pyridine rings is 1. The van der Waals surface area contributed by atoms with E-state index in [0.29, 0.717) is 6.42 Å². The van der Waals surface area contributed by atoms with Gasteiger partial charge in [0.25, 0.3) is 0 Å². The number of H-pyrrole nitrogens is 1. The third-order valence-electron chi connectivity index (χ3n) is 4.03. The molecule has 3 heterocycles. The van der Waals surface area contributed by atoms with Crippen LogP contribution < -0.4 is 0 Å². The predicted molar refractivity (Wildman–Crippen MR) is 92.3 cm³/mol. The van der Waals surface area contributed by atoms with E-state index in [1.807, 2.05) is 43.8 Å². The van der Waals surface area contributed by atoms with Crippen LogP contribution in [0.2, 0.25) is 0 Å². The van der Waals surface area contributed by atoms with Crippen molar-refractivity contribution in [3.63, 3.8) is 0 Å². The van der Waals surface area contributed by atoms with E-state index in [2.05, 4.69) is 37.2 Å². The zero-order valence-corrected chi connectivity index (χ0v) is 13.9. The lowest BCUT2D eigenvalue weighted by Gasteiger charge is -2.08. The molecule has 0 unspecified atom stereocenters. The standard InChI is InChI=1S/C18H18N6/c1-11-10-19-7-6-17(11)24-18(22-13(3)23-24)9-14-4-5-15-16(8-14)21-12(2)20-15/h4-8,10H,9H2,1-3H3,(H,20,21). The number of hydrogen-bond donors (Lipinski definition) is 1. The Hall–Kier alpha value is -3.02. The summed E-state index contributed by atoms with van der Waals surface area (Å²) < 4.78 is 1.91. The molecule has 0 saturated heterocycles. The molecule has 6 heteroatoms. The third kappa shape index (κ3) is 2.56. The van der Waals surface area contributed by atoms with Crippen LogP contribution in [0.5, 0.6) is 0 Å². The van der Waals surface area contributed by atoms with Crippen LogP contribution in [-0.2, 0) is 6.42 Å². The lowest BCUT2D eigenvalue weighted by molar-refractivity contribution is 0.800. The predicted octanol–water partition coefficient (Wildman–Crippen LogP) is 3.05. The average Bonchev–Trinajstić information content (AvgIpc) is 3.09. The maximum absolute atomic E-state index is 4.61. The largest absolute Gasteiger partial charge is 0.342 e. The molecule has 0 saturated carbocycles. The summed E-state index contributed by atoms with van der Waals surface area (Å²) in [5, 5.41) is 4.56. The first kappa shape index (κ1) is 14.6. The molecule has 120 valence electrons. The summed E-state index contributed by atoms with van der Waals surface area (Å²) in [4.78, 5) is 16.5. The number of aryl methyl sites for hydroxylation is 3. The number of rotatable bonds is 3. The van der Waals surface area contributed by atoms with E-state index in [4.69, 9.17) is 0 Å². The van der Waals surface area contributed by atoms with Crippen LogP contribution in [0.4, 0.5) is 0 Å². The molecule has 0 atom stereocenters. The van der Waals surface area contributed by atoms with Gasteiger partial charge in [-0.05, 0) is 50.1 Å². The minimum Gasteiger partial charge on any atom is -0.342 e. The van der Waals surface area contributed by atoms with Gasteiger partial charge in [-0.25, -0.2) is 14.6 Å². The zero-order chi connectivity index (χ0) is 16.7. The highest BCUT2D eigenvalue weighted by Crippen LogP contribution is 2.19. The van der Waals surface area contributed by atoms with Crippen LogP contribution in [0.1, 0.15) is 28.6 Å². The first-order chi connectivity index (χ1) is 11.6. The molecule has 1 N–H and O–H groups in total. The van der Waals surface area contributed by atoms with Crippen molar-refractivity contribution < 1.29 is 0 Å². The van der Waals surface area contributed by atoms with Crippen molar-refractivity contribution in [2.75, 3.05) is 0 Å². The van der Waals surface area contributed by atoms with E-state index in [1.54, 1.807) is 6.20 Å². The summed E-state index contributed by atoms with van der Waals surface area (Å²) in [7, 11) is 0. The smallest absolute Gasteiger partial charge is 0.148 e. The lowest BCUT2D eigenvalue weighted by atomic mass is 10.1. The number of nitrogens with one attached hydrogen (secondary N) is 1. The molecule has 3 aromatic heterocycles. The van der Waals surface area contributed by atoms with E-state index in [-0.39, 0.29) is 0 Å². The molecule has 0 radical (unpaired) electrons. The Bertz CT molecular complexity index is 1030. The van der Waals surface area contributed by atoms with Crippen molar-refractivity contribution in [2.45, 2.75) is 27.2 Å². The second-order valence-electron chi connectivity index (χ2n) is 6.00. The van der Waals surface area contributed by atoms with Gasteiger partial charge >= 0.3 is 0 Å². The summed E-state index contributed by atoms with van der Waals surface area (Å²) >= 11 is 0. The molecule has 1 aromatic carbocycles. The molecule has 24 heavy (non-hydrogen) atoms. The Balaban J connectivity index is 1.75. The maximum atomic E-state index is 4.61. The molecule has 0 aliphatic carbocycles. The molecule has 0 aliphatic rings. The summed E-state index contributed by atoms with van der Waals surface area (Å²) in [6.45, 7) is 5.91. The van der Waals surface area contributed by atoms with Crippen LogP contribution in [-0.4, -0.2) is 29.7 Å². The molecular weight excluding hydrogens is 300 g/mol. The highest BCUT2D eigenvalue weighted by Gasteiger charge is 2.12. The molecule has 4 aromatic rings. The molecule has 6 nitrogen and oxygen atoms in total. The van der Waals surface area contributed by atoms with E-state index < -0.39 is 0 Å². The van der Waals surface area contributed by atoms with Crippen LogP contribution in [0.3, 0.4) is 0 Å². The van der Waals surface area contributed by atoms with Gasteiger partial charge in [-0.15, -0.1) is 0 Å². The molecule has 0 bridgehead atoms. The number of aromatic amines is 1. The summed E-state index contributed by atoms with van der Waals surface area (Å²) in [5.74, 6) is 2.60. The van der Waals surface area contributed by atoms with Crippen LogP contribution in [0.15, 0.2) is 36.7 Å². The Morgan fingerprint density at radius 3 is 2.79 bits per heavy atom. The monoisotopic (exact) mass is 318 g/mol. The maximum Gasteiger partial charge on any atom is 0.148 e. The van der Waals surface area contributed by atoms with Gasteiger partial charge in [0, 0.05) is 18.8 Å². The number of imidazole rings is 1. The molecule has 0 aliphatic heterocycles. The quantitative estimate of drug-likeness (QED) is 0.630. The van der Waals surface area contributed by atoms with Gasteiger partial charge in [-0.3, -0.25) is 4.98 Å². The van der Waals surface area contributed by atoms with Crippen LogP contribution in [0, 0.1) is 20.8 Å². The van der Waals surface area contributed by atoms with Gasteiger partial charge in [0.1, 0.15) is 17.5 Å². The lowest BCUT2D eigenvalue weighted by Crippen LogP contribution is -2.06. The van der Waals surface area contributed by atoms with Gasteiger partial charge in [0.05, 0.1) is 16.7 Å². The van der Waals surface area contributed by atoms with Crippen molar-refractivity contribution in [1.29, 1.82) is 0 Å². The summed E-state index contributed by atoms with van der Waals surface area (Å²) in [6.07, 6.45) is 4.33. The Labute approximate surface area is 139 Å². The molecule has 4 rings (SSSR count). The van der Waals surface area contributed by atoms with Crippen LogP contribution in [0.25, 0.3) is 16.7 Å². The number of nitrogens with zero attached hydrogens (tertiary/aromatic N) is 5. The van der Waals surface area contributed by atoms with Crippen molar-refractivity contribution in [3.8, 4) is 5.69 Å². The van der Waals surface area contributed by atoms with E-state index in [9.17, 15) is 0 Å². The Morgan fingerprint density at radius 2 is 1.96 bits per heavy atom. The molecule has 0 fully saturated rings. The van der Waals surface area contributed by atoms with E-state index in [1.165, 1.54) is 5.56 Å². The van der Waals surface area contributed by atoms with Crippen molar-refractivity contribution in [3.05, 3.63) is 65.3 Å². The Morgan fingerprint density at radius 1 is 1.08 bits per heavy atom. The fraction of sp³-hybridized carbons (Fsp3) is 0.222. The average molecular weight is 318 g/mol. The van der Waals surface area contributed by atoms with Crippen LogP contribution >= 0.6 is 0 Å². The van der Waals surface area contributed by atoms with Crippen molar-refractivity contribution in [1.82, 2.24) is 29.7 Å². The highest BCUT2D eigenvalue weighted by molar-refractivity contribution is 5.75. The highest BCUT2D eigenvalue weighted by atomic mass is 15.3. The van der Waals surface area contributed by atoms with E-state index >= 15 is 0 Å². The number of aromatic nitrogens is 6. The van der Waals surface area contributed by atoms with E-state index in [0.717, 1.165) is 39.8 Å². The number of benzene rings is 1. The van der Waals surface area contributed by atoms with Gasteiger partial charge < -0.3 is 4.98 Å². The van der Waals surface area contributed by atoms with Gasteiger partial charge in [-0.1, -0.05) is 6.07 Å². The SMILES string of the molecule is Cc1nc(Cc2ccc3nc(C)[nH]c3c2)n(-c2ccncc2C)n1. The van der Waals surface area contributed by atoms with Crippen molar-refractivity contribution in [2.24, 2.45) is 0 Å². The molecule has 0 spiro atoms. The Kier molecular flexibility index (Phi) is 3.37. The van der Waals surface area contributed by atoms with Crippen molar-refractivity contribution >= 4 is 11.0 Å². The normalized spacial score (nSPS) is 11.3. The summed E-state index contributed by atoms with van der Waals surface area (Å²) in [5.41, 5.74) is 5.29. The molecular formula is C18H18N6.